The van der Waals surface area contributed by atoms with Crippen LogP contribution in [0.15, 0.2) is 41.0 Å². The topological polar surface area (TPSA) is 89.8 Å². The van der Waals surface area contributed by atoms with Crippen LogP contribution < -0.4 is 20.3 Å². The standard InChI is InChI=1S/C16H18N2O5/c1-3-21-13-6-4-5-7-14(13)23-10-15(19)17-18-16(20)12-8-9-22-11(12)2/h4-9H,3,10H2,1-2H3,(H,17,19)(H,18,20). The number of carbonyl (C=O) groups is 2. The van der Waals surface area contributed by atoms with Crippen molar-refractivity contribution in [2.24, 2.45) is 0 Å². The maximum Gasteiger partial charge on any atom is 0.276 e. The van der Waals surface area contributed by atoms with Crippen molar-refractivity contribution in [3.8, 4) is 11.5 Å². The Morgan fingerprint density at radius 1 is 1.09 bits per heavy atom. The predicted octanol–water partition coefficient (Wildman–Crippen LogP) is 1.83. The van der Waals surface area contributed by atoms with Gasteiger partial charge in [-0.2, -0.15) is 0 Å². The average molecular weight is 318 g/mol. The van der Waals surface area contributed by atoms with Crippen molar-refractivity contribution in [3.05, 3.63) is 47.9 Å². The second kappa shape index (κ2) is 7.88. The van der Waals surface area contributed by atoms with Crippen LogP contribution in [0.5, 0.6) is 11.5 Å². The summed E-state index contributed by atoms with van der Waals surface area (Å²) in [5.74, 6) is 0.533. The van der Waals surface area contributed by atoms with Gasteiger partial charge in [-0.3, -0.25) is 20.4 Å². The van der Waals surface area contributed by atoms with Crippen molar-refractivity contribution < 1.29 is 23.5 Å². The van der Waals surface area contributed by atoms with E-state index in [0.29, 0.717) is 29.4 Å². The molecule has 2 amide bonds. The fourth-order valence-corrected chi connectivity index (χ4v) is 1.84. The van der Waals surface area contributed by atoms with Crippen LogP contribution in [-0.2, 0) is 4.79 Å². The van der Waals surface area contributed by atoms with Gasteiger partial charge in [0.05, 0.1) is 18.4 Å². The molecule has 1 aromatic heterocycles. The molecule has 2 rings (SSSR count). The second-order valence-corrected chi connectivity index (χ2v) is 4.56. The largest absolute Gasteiger partial charge is 0.490 e. The number of rotatable bonds is 6. The Morgan fingerprint density at radius 3 is 2.39 bits per heavy atom. The summed E-state index contributed by atoms with van der Waals surface area (Å²) >= 11 is 0. The lowest BCUT2D eigenvalue weighted by molar-refractivity contribution is -0.123. The van der Waals surface area contributed by atoms with Gasteiger partial charge in [0.15, 0.2) is 18.1 Å². The highest BCUT2D eigenvalue weighted by molar-refractivity contribution is 5.96. The van der Waals surface area contributed by atoms with E-state index in [1.165, 1.54) is 12.3 Å². The average Bonchev–Trinajstić information content (AvgIpc) is 2.98. The number of aryl methyl sites for hydroxylation is 1. The van der Waals surface area contributed by atoms with Crippen molar-refractivity contribution in [1.82, 2.24) is 10.9 Å². The van der Waals surface area contributed by atoms with Gasteiger partial charge < -0.3 is 13.9 Å². The number of benzene rings is 1. The molecule has 7 nitrogen and oxygen atoms in total. The molecule has 0 fully saturated rings. The molecule has 0 aliphatic rings. The first-order valence-electron chi connectivity index (χ1n) is 7.09. The number of hydrazine groups is 1. The SMILES string of the molecule is CCOc1ccccc1OCC(=O)NNC(=O)c1ccoc1C. The summed E-state index contributed by atoms with van der Waals surface area (Å²) in [6, 6.07) is 8.56. The number of nitrogens with one attached hydrogen (secondary N) is 2. The summed E-state index contributed by atoms with van der Waals surface area (Å²) in [6.45, 7) is 3.75. The molecule has 0 atom stereocenters. The maximum absolute atomic E-state index is 11.8. The highest BCUT2D eigenvalue weighted by atomic mass is 16.5. The van der Waals surface area contributed by atoms with Gasteiger partial charge >= 0.3 is 0 Å². The van der Waals surface area contributed by atoms with Crippen molar-refractivity contribution >= 4 is 11.8 Å². The zero-order valence-electron chi connectivity index (χ0n) is 12.9. The van der Waals surface area contributed by atoms with Crippen molar-refractivity contribution in [3.63, 3.8) is 0 Å². The second-order valence-electron chi connectivity index (χ2n) is 4.56. The number of carbonyl (C=O) groups excluding carboxylic acids is 2. The molecule has 2 aromatic rings. The fourth-order valence-electron chi connectivity index (χ4n) is 1.84. The van der Waals surface area contributed by atoms with Gasteiger partial charge in [-0.1, -0.05) is 12.1 Å². The summed E-state index contributed by atoms with van der Waals surface area (Å²) in [4.78, 5) is 23.5. The molecule has 2 N–H and O–H groups in total. The van der Waals surface area contributed by atoms with Crippen molar-refractivity contribution in [2.75, 3.05) is 13.2 Å². The Kier molecular flexibility index (Phi) is 5.62. The molecular weight excluding hydrogens is 300 g/mol. The first-order valence-corrected chi connectivity index (χ1v) is 7.09. The minimum absolute atomic E-state index is 0.255. The van der Waals surface area contributed by atoms with E-state index >= 15 is 0 Å². The summed E-state index contributed by atoms with van der Waals surface area (Å²) in [6.07, 6.45) is 1.40. The zero-order valence-corrected chi connectivity index (χ0v) is 12.9. The van der Waals surface area contributed by atoms with E-state index in [-0.39, 0.29) is 6.61 Å². The number of furan rings is 1. The Labute approximate surface area is 133 Å². The van der Waals surface area contributed by atoms with E-state index < -0.39 is 11.8 Å². The third kappa shape index (κ3) is 4.50. The van der Waals surface area contributed by atoms with E-state index in [1.807, 2.05) is 13.0 Å². The molecule has 0 saturated heterocycles. The molecule has 23 heavy (non-hydrogen) atoms. The number of ether oxygens (including phenoxy) is 2. The van der Waals surface area contributed by atoms with Crippen LogP contribution in [0.3, 0.4) is 0 Å². The molecule has 7 heteroatoms. The molecule has 0 radical (unpaired) electrons. The highest BCUT2D eigenvalue weighted by Crippen LogP contribution is 2.26. The zero-order chi connectivity index (χ0) is 16.7. The van der Waals surface area contributed by atoms with E-state index in [0.717, 1.165) is 0 Å². The number of hydrogen-bond donors (Lipinski definition) is 2. The lowest BCUT2D eigenvalue weighted by Gasteiger charge is -2.11. The highest BCUT2D eigenvalue weighted by Gasteiger charge is 2.13. The molecular formula is C16H18N2O5. The first kappa shape index (κ1) is 16.4. The van der Waals surface area contributed by atoms with Gasteiger partial charge in [-0.25, -0.2) is 0 Å². The number of para-hydroxylation sites is 2. The summed E-state index contributed by atoms with van der Waals surface area (Å²) < 4.78 is 15.8. The Morgan fingerprint density at radius 2 is 1.78 bits per heavy atom. The summed E-state index contributed by atoms with van der Waals surface area (Å²) in [5.41, 5.74) is 4.92. The van der Waals surface area contributed by atoms with E-state index in [1.54, 1.807) is 25.1 Å². The van der Waals surface area contributed by atoms with Gasteiger partial charge in [0, 0.05) is 0 Å². The minimum atomic E-state index is -0.495. The Balaban J connectivity index is 1.82. The van der Waals surface area contributed by atoms with E-state index in [9.17, 15) is 9.59 Å². The number of hydrogen-bond acceptors (Lipinski definition) is 5. The van der Waals surface area contributed by atoms with Gasteiger partial charge in [-0.15, -0.1) is 0 Å². The first-order chi connectivity index (χ1) is 11.1. The lowest BCUT2D eigenvalue weighted by atomic mass is 10.2. The molecule has 0 unspecified atom stereocenters. The Bertz CT molecular complexity index is 681. The van der Waals surface area contributed by atoms with Crippen LogP contribution in [0.2, 0.25) is 0 Å². The smallest absolute Gasteiger partial charge is 0.276 e. The number of amides is 2. The van der Waals surface area contributed by atoms with Crippen molar-refractivity contribution in [2.45, 2.75) is 13.8 Å². The molecule has 0 saturated carbocycles. The normalized spacial score (nSPS) is 10.0. The molecule has 1 aromatic carbocycles. The van der Waals surface area contributed by atoms with Gasteiger partial charge in [0.25, 0.3) is 11.8 Å². The molecule has 0 aliphatic carbocycles. The van der Waals surface area contributed by atoms with Crippen LogP contribution in [0.25, 0.3) is 0 Å². The Hall–Kier alpha value is -2.96. The summed E-state index contributed by atoms with van der Waals surface area (Å²) in [5, 5.41) is 0. The summed E-state index contributed by atoms with van der Waals surface area (Å²) in [7, 11) is 0. The molecule has 0 bridgehead atoms. The van der Waals surface area contributed by atoms with Gasteiger partial charge in [0.1, 0.15) is 5.76 Å². The maximum atomic E-state index is 11.8. The predicted molar refractivity (Wildman–Crippen MR) is 82.2 cm³/mol. The van der Waals surface area contributed by atoms with Gasteiger partial charge in [0.2, 0.25) is 0 Å². The fraction of sp³-hybridized carbons (Fsp3) is 0.250. The monoisotopic (exact) mass is 318 g/mol. The minimum Gasteiger partial charge on any atom is -0.490 e. The van der Waals surface area contributed by atoms with Crippen LogP contribution >= 0.6 is 0 Å². The van der Waals surface area contributed by atoms with E-state index in [4.69, 9.17) is 13.9 Å². The van der Waals surface area contributed by atoms with Crippen LogP contribution in [0.4, 0.5) is 0 Å². The van der Waals surface area contributed by atoms with E-state index in [2.05, 4.69) is 10.9 Å². The molecule has 122 valence electrons. The molecule has 1 heterocycles. The van der Waals surface area contributed by atoms with Crippen molar-refractivity contribution in [1.29, 1.82) is 0 Å². The van der Waals surface area contributed by atoms with Crippen LogP contribution in [-0.4, -0.2) is 25.0 Å². The van der Waals surface area contributed by atoms with Crippen LogP contribution in [0.1, 0.15) is 23.0 Å². The van der Waals surface area contributed by atoms with Crippen LogP contribution in [0, 0.1) is 6.92 Å². The molecule has 0 spiro atoms. The third-order valence-electron chi connectivity index (χ3n) is 2.93. The van der Waals surface area contributed by atoms with Gasteiger partial charge in [-0.05, 0) is 32.0 Å². The quantitative estimate of drug-likeness (QED) is 0.793. The molecule has 0 aliphatic heterocycles. The third-order valence-corrected chi connectivity index (χ3v) is 2.93. The lowest BCUT2D eigenvalue weighted by Crippen LogP contribution is -2.43.